The van der Waals surface area contributed by atoms with Crippen LogP contribution in [0.5, 0.6) is 5.75 Å². The molecule has 0 aliphatic rings. The predicted octanol–water partition coefficient (Wildman–Crippen LogP) is 4.23. The van der Waals surface area contributed by atoms with Gasteiger partial charge in [0.25, 0.3) is 5.91 Å². The van der Waals surface area contributed by atoms with Gasteiger partial charge in [-0.1, -0.05) is 12.1 Å². The third kappa shape index (κ3) is 4.46. The zero-order valence-corrected chi connectivity index (χ0v) is 14.5. The summed E-state index contributed by atoms with van der Waals surface area (Å²) in [4.78, 5) is 12.0. The Labute approximate surface area is 138 Å². The molecule has 1 amide bonds. The van der Waals surface area contributed by atoms with Crippen molar-refractivity contribution in [3.8, 4) is 5.75 Å². The Kier molecular flexibility index (Phi) is 5.22. The summed E-state index contributed by atoms with van der Waals surface area (Å²) in [6.07, 6.45) is 0. The highest BCUT2D eigenvalue weighted by Crippen LogP contribution is 2.20. The van der Waals surface area contributed by atoms with Gasteiger partial charge in [0.1, 0.15) is 5.75 Å². The number of aryl methyl sites for hydroxylation is 3. The van der Waals surface area contributed by atoms with Gasteiger partial charge in [0, 0.05) is 9.26 Å². The van der Waals surface area contributed by atoms with Crippen molar-refractivity contribution in [2.45, 2.75) is 20.8 Å². The highest BCUT2D eigenvalue weighted by Gasteiger charge is 2.07. The summed E-state index contributed by atoms with van der Waals surface area (Å²) in [5.41, 5.74) is 4.01. The van der Waals surface area contributed by atoms with Crippen LogP contribution in [0.15, 0.2) is 36.4 Å². The normalized spacial score (nSPS) is 10.3. The van der Waals surface area contributed by atoms with Crippen molar-refractivity contribution in [2.24, 2.45) is 0 Å². The van der Waals surface area contributed by atoms with E-state index in [0.29, 0.717) is 0 Å². The van der Waals surface area contributed by atoms with Gasteiger partial charge in [-0.2, -0.15) is 0 Å². The molecule has 0 fully saturated rings. The molecule has 0 unspecified atom stereocenters. The summed E-state index contributed by atoms with van der Waals surface area (Å²) in [6.45, 7) is 5.95. The fourth-order valence-corrected chi connectivity index (χ4v) is 2.61. The second-order valence-corrected chi connectivity index (χ2v) is 6.31. The molecular weight excluding hydrogens is 377 g/mol. The maximum absolute atomic E-state index is 12.0. The Morgan fingerprint density at radius 2 is 1.86 bits per heavy atom. The Hall–Kier alpha value is -1.56. The first-order chi connectivity index (χ1) is 9.95. The number of hydrogen-bond donors (Lipinski definition) is 1. The highest BCUT2D eigenvalue weighted by molar-refractivity contribution is 14.1. The molecule has 0 aliphatic carbocycles. The maximum Gasteiger partial charge on any atom is 0.262 e. The van der Waals surface area contributed by atoms with Crippen LogP contribution < -0.4 is 10.1 Å². The molecule has 0 bridgehead atoms. The number of halogens is 1. The van der Waals surface area contributed by atoms with E-state index in [2.05, 4.69) is 27.9 Å². The van der Waals surface area contributed by atoms with E-state index in [1.54, 1.807) is 0 Å². The van der Waals surface area contributed by atoms with Crippen molar-refractivity contribution in [3.05, 3.63) is 56.7 Å². The van der Waals surface area contributed by atoms with E-state index in [-0.39, 0.29) is 12.5 Å². The van der Waals surface area contributed by atoms with E-state index in [1.165, 1.54) is 0 Å². The highest BCUT2D eigenvalue weighted by atomic mass is 127. The van der Waals surface area contributed by atoms with Gasteiger partial charge in [-0.15, -0.1) is 0 Å². The van der Waals surface area contributed by atoms with E-state index in [0.717, 1.165) is 31.7 Å². The molecule has 0 aromatic heterocycles. The average Bonchev–Trinajstić information content (AvgIpc) is 2.43. The molecule has 0 radical (unpaired) electrons. The van der Waals surface area contributed by atoms with Gasteiger partial charge in [-0.25, -0.2) is 0 Å². The second kappa shape index (κ2) is 6.93. The van der Waals surface area contributed by atoms with E-state index in [9.17, 15) is 4.79 Å². The van der Waals surface area contributed by atoms with Crippen LogP contribution in [0.4, 0.5) is 5.69 Å². The van der Waals surface area contributed by atoms with Crippen LogP contribution in [-0.2, 0) is 4.79 Å². The number of rotatable bonds is 4. The number of hydrogen-bond acceptors (Lipinski definition) is 2. The summed E-state index contributed by atoms with van der Waals surface area (Å²) in [6, 6.07) is 11.9. The first-order valence-electron chi connectivity index (χ1n) is 6.72. The lowest BCUT2D eigenvalue weighted by Gasteiger charge is -2.11. The van der Waals surface area contributed by atoms with Crippen LogP contribution in [0.25, 0.3) is 0 Å². The molecule has 3 nitrogen and oxygen atoms in total. The van der Waals surface area contributed by atoms with Gasteiger partial charge in [0.2, 0.25) is 0 Å². The number of carbonyl (C=O) groups excluding carboxylic acids is 1. The molecule has 0 saturated carbocycles. The third-order valence-electron chi connectivity index (χ3n) is 3.16. The number of carbonyl (C=O) groups is 1. The quantitative estimate of drug-likeness (QED) is 0.787. The molecule has 2 aromatic carbocycles. The number of anilines is 1. The lowest BCUT2D eigenvalue weighted by atomic mass is 10.1. The topological polar surface area (TPSA) is 38.3 Å². The monoisotopic (exact) mass is 395 g/mol. The molecule has 0 saturated heterocycles. The molecule has 0 atom stereocenters. The van der Waals surface area contributed by atoms with Gasteiger partial charge in [-0.05, 0) is 84.3 Å². The van der Waals surface area contributed by atoms with E-state index >= 15 is 0 Å². The Bertz CT molecular complexity index is 668. The fourth-order valence-electron chi connectivity index (χ4n) is 1.96. The standard InChI is InChI=1S/C17H18INO2/c1-11-4-5-12(2)16(8-11)21-10-17(20)19-15-7-6-14(18)9-13(15)3/h4-9H,10H2,1-3H3,(H,19,20). The molecule has 0 spiro atoms. The number of ether oxygens (including phenoxy) is 1. The van der Waals surface area contributed by atoms with Gasteiger partial charge in [0.05, 0.1) is 0 Å². The number of benzene rings is 2. The summed E-state index contributed by atoms with van der Waals surface area (Å²) in [5, 5.41) is 2.87. The zero-order chi connectivity index (χ0) is 15.4. The fraction of sp³-hybridized carbons (Fsp3) is 0.235. The summed E-state index contributed by atoms with van der Waals surface area (Å²) < 4.78 is 6.75. The molecule has 2 rings (SSSR count). The summed E-state index contributed by atoms with van der Waals surface area (Å²) >= 11 is 2.25. The molecule has 0 heterocycles. The average molecular weight is 395 g/mol. The minimum Gasteiger partial charge on any atom is -0.483 e. The molecule has 21 heavy (non-hydrogen) atoms. The van der Waals surface area contributed by atoms with Crippen molar-refractivity contribution in [3.63, 3.8) is 0 Å². The van der Waals surface area contributed by atoms with Crippen LogP contribution >= 0.6 is 22.6 Å². The molecule has 110 valence electrons. The first-order valence-corrected chi connectivity index (χ1v) is 7.79. The predicted molar refractivity (Wildman–Crippen MR) is 93.9 cm³/mol. The van der Waals surface area contributed by atoms with Gasteiger partial charge >= 0.3 is 0 Å². The minimum atomic E-state index is -0.153. The van der Waals surface area contributed by atoms with Gasteiger partial charge in [0.15, 0.2) is 6.61 Å². The van der Waals surface area contributed by atoms with Gasteiger partial charge < -0.3 is 10.1 Å². The Morgan fingerprint density at radius 3 is 2.57 bits per heavy atom. The summed E-state index contributed by atoms with van der Waals surface area (Å²) in [7, 11) is 0. The van der Waals surface area contributed by atoms with Crippen molar-refractivity contribution >= 4 is 34.2 Å². The second-order valence-electron chi connectivity index (χ2n) is 5.07. The first kappa shape index (κ1) is 15.8. The van der Waals surface area contributed by atoms with Crippen LogP contribution in [0.3, 0.4) is 0 Å². The lowest BCUT2D eigenvalue weighted by Crippen LogP contribution is -2.21. The van der Waals surface area contributed by atoms with Crippen LogP contribution in [-0.4, -0.2) is 12.5 Å². The van der Waals surface area contributed by atoms with Crippen LogP contribution in [0.1, 0.15) is 16.7 Å². The van der Waals surface area contributed by atoms with Crippen molar-refractivity contribution < 1.29 is 9.53 Å². The molecular formula is C17H18INO2. The SMILES string of the molecule is Cc1ccc(C)c(OCC(=O)Nc2ccc(I)cc2C)c1. The maximum atomic E-state index is 12.0. The molecule has 0 aliphatic heterocycles. The largest absolute Gasteiger partial charge is 0.483 e. The van der Waals surface area contributed by atoms with Crippen LogP contribution in [0, 0.1) is 24.3 Å². The van der Waals surface area contributed by atoms with Gasteiger partial charge in [-0.3, -0.25) is 4.79 Å². The number of amides is 1. The Morgan fingerprint density at radius 1 is 1.10 bits per heavy atom. The van der Waals surface area contributed by atoms with E-state index in [4.69, 9.17) is 4.74 Å². The minimum absolute atomic E-state index is 0.00964. The summed E-state index contributed by atoms with van der Waals surface area (Å²) in [5.74, 6) is 0.602. The Balaban J connectivity index is 1.97. The molecule has 2 aromatic rings. The molecule has 1 N–H and O–H groups in total. The van der Waals surface area contributed by atoms with Crippen molar-refractivity contribution in [1.29, 1.82) is 0 Å². The number of nitrogens with one attached hydrogen (secondary N) is 1. The zero-order valence-electron chi connectivity index (χ0n) is 12.4. The van der Waals surface area contributed by atoms with Crippen LogP contribution in [0.2, 0.25) is 0 Å². The smallest absolute Gasteiger partial charge is 0.262 e. The van der Waals surface area contributed by atoms with E-state index in [1.807, 2.05) is 57.2 Å². The third-order valence-corrected chi connectivity index (χ3v) is 3.84. The van der Waals surface area contributed by atoms with Crippen molar-refractivity contribution in [2.75, 3.05) is 11.9 Å². The lowest BCUT2D eigenvalue weighted by molar-refractivity contribution is -0.118. The van der Waals surface area contributed by atoms with E-state index < -0.39 is 0 Å². The van der Waals surface area contributed by atoms with Crippen molar-refractivity contribution in [1.82, 2.24) is 0 Å². The molecule has 4 heteroatoms.